The van der Waals surface area contributed by atoms with Crippen molar-refractivity contribution in [3.63, 3.8) is 0 Å². The van der Waals surface area contributed by atoms with Gasteiger partial charge in [-0.3, -0.25) is 0 Å². The summed E-state index contributed by atoms with van der Waals surface area (Å²) in [5.41, 5.74) is 0.228. The van der Waals surface area contributed by atoms with E-state index in [1.165, 1.54) is 96.3 Å². The minimum Gasteiger partial charge on any atom is -0.354 e. The van der Waals surface area contributed by atoms with Crippen molar-refractivity contribution in [3.05, 3.63) is 0 Å². The molecule has 0 aromatic carbocycles. The van der Waals surface area contributed by atoms with E-state index in [2.05, 4.69) is 22.5 Å². The number of unbranched alkanes of at least 4 members (excludes halogenated alkanes) is 5. The molecule has 6 rings (SSSR count). The summed E-state index contributed by atoms with van der Waals surface area (Å²) in [6.45, 7) is 5.36. The molecule has 0 unspecified atom stereocenters. The molecule has 2 heterocycles. The number of nitrogens with one attached hydrogen (secondary N) is 2. The van der Waals surface area contributed by atoms with Gasteiger partial charge < -0.3 is 15.5 Å². The van der Waals surface area contributed by atoms with Crippen LogP contribution in [0.15, 0.2) is 0 Å². The number of anilines is 3. The van der Waals surface area contributed by atoms with Crippen LogP contribution in [-0.4, -0.2) is 40.1 Å². The van der Waals surface area contributed by atoms with Gasteiger partial charge in [-0.1, -0.05) is 39.0 Å². The Morgan fingerprint density at radius 2 is 1.41 bits per heavy atom. The lowest BCUT2D eigenvalue weighted by Gasteiger charge is -2.56. The van der Waals surface area contributed by atoms with Crippen molar-refractivity contribution in [2.24, 2.45) is 17.8 Å². The summed E-state index contributed by atoms with van der Waals surface area (Å²) >= 11 is 0. The molecule has 0 atom stereocenters. The van der Waals surface area contributed by atoms with Crippen LogP contribution in [0, 0.1) is 17.8 Å². The third kappa shape index (κ3) is 5.31. The normalized spacial score (nSPS) is 31.2. The second-order valence-corrected chi connectivity index (χ2v) is 11.3. The van der Waals surface area contributed by atoms with E-state index in [9.17, 15) is 0 Å². The summed E-state index contributed by atoms with van der Waals surface area (Å²) in [5, 5.41) is 7.44. The molecule has 4 bridgehead atoms. The van der Waals surface area contributed by atoms with E-state index in [1.807, 2.05) is 0 Å². The molecule has 4 saturated carbocycles. The Morgan fingerprint density at radius 1 is 0.781 bits per heavy atom. The van der Waals surface area contributed by atoms with Crippen LogP contribution in [0.25, 0.3) is 0 Å². The number of piperidine rings is 1. The maximum absolute atomic E-state index is 4.96. The highest BCUT2D eigenvalue weighted by atomic mass is 15.3. The summed E-state index contributed by atoms with van der Waals surface area (Å²) in [6.07, 6.45) is 20.0. The average Bonchev–Trinajstić information content (AvgIpc) is 2.78. The predicted molar refractivity (Wildman–Crippen MR) is 132 cm³/mol. The Hall–Kier alpha value is -1.59. The monoisotopic (exact) mass is 440 g/mol. The second kappa shape index (κ2) is 10.1. The minimum atomic E-state index is 0.228. The van der Waals surface area contributed by atoms with E-state index in [1.54, 1.807) is 0 Å². The second-order valence-electron chi connectivity index (χ2n) is 11.3. The number of hydrogen-bond donors (Lipinski definition) is 2. The van der Waals surface area contributed by atoms with Gasteiger partial charge in [0.15, 0.2) is 0 Å². The van der Waals surface area contributed by atoms with Gasteiger partial charge in [-0.2, -0.15) is 15.0 Å². The summed E-state index contributed by atoms with van der Waals surface area (Å²) in [7, 11) is 0. The molecule has 0 amide bonds. The Balaban J connectivity index is 1.26. The van der Waals surface area contributed by atoms with E-state index >= 15 is 0 Å². The van der Waals surface area contributed by atoms with Crippen molar-refractivity contribution in [1.82, 2.24) is 15.0 Å². The Kier molecular flexibility index (Phi) is 7.03. The minimum absolute atomic E-state index is 0.228. The smallest absolute Gasteiger partial charge is 0.231 e. The third-order valence-corrected chi connectivity index (χ3v) is 8.49. The molecule has 0 spiro atoms. The fourth-order valence-electron chi connectivity index (χ4n) is 7.34. The van der Waals surface area contributed by atoms with Crippen molar-refractivity contribution in [2.75, 3.05) is 35.2 Å². The fourth-order valence-corrected chi connectivity index (χ4v) is 7.34. The highest BCUT2D eigenvalue weighted by molar-refractivity contribution is 5.45. The largest absolute Gasteiger partial charge is 0.354 e. The van der Waals surface area contributed by atoms with Gasteiger partial charge in [-0.05, 0) is 82.0 Å². The van der Waals surface area contributed by atoms with Crippen LogP contribution in [-0.2, 0) is 0 Å². The number of nitrogens with zero attached hydrogens (tertiary/aromatic N) is 4. The van der Waals surface area contributed by atoms with Crippen LogP contribution >= 0.6 is 0 Å². The molecule has 4 aliphatic carbocycles. The van der Waals surface area contributed by atoms with Crippen molar-refractivity contribution in [2.45, 2.75) is 109 Å². The standard InChI is InChI=1S/C26H44N6/c1-2-3-4-5-6-8-11-27-23-28-24(30-25(29-23)32-12-9-7-10-13-32)31-26-17-20-14-21(18-26)16-22(15-20)19-26/h20-22H,2-19H2,1H3,(H2,27,28,29,30,31). The van der Waals surface area contributed by atoms with Gasteiger partial charge in [-0.25, -0.2) is 0 Å². The van der Waals surface area contributed by atoms with E-state index < -0.39 is 0 Å². The zero-order valence-corrected chi connectivity index (χ0v) is 20.2. The molecule has 5 aliphatic rings. The molecule has 1 aliphatic heterocycles. The van der Waals surface area contributed by atoms with Crippen LogP contribution < -0.4 is 15.5 Å². The predicted octanol–water partition coefficient (Wildman–Crippen LogP) is 6.02. The highest BCUT2D eigenvalue weighted by Crippen LogP contribution is 2.56. The average molecular weight is 441 g/mol. The molecular weight excluding hydrogens is 396 g/mol. The summed E-state index contributed by atoms with van der Waals surface area (Å²) < 4.78 is 0. The first kappa shape index (κ1) is 22.2. The van der Waals surface area contributed by atoms with E-state index in [4.69, 9.17) is 15.0 Å². The molecule has 6 nitrogen and oxygen atoms in total. The number of aromatic nitrogens is 3. The lowest BCUT2D eigenvalue weighted by atomic mass is 9.53. The fraction of sp³-hybridized carbons (Fsp3) is 0.885. The maximum Gasteiger partial charge on any atom is 0.231 e. The van der Waals surface area contributed by atoms with Crippen molar-refractivity contribution >= 4 is 17.8 Å². The van der Waals surface area contributed by atoms with Crippen LogP contribution in [0.4, 0.5) is 17.8 Å². The molecule has 32 heavy (non-hydrogen) atoms. The Labute approximate surface area is 194 Å². The van der Waals surface area contributed by atoms with E-state index in [0.717, 1.165) is 55.2 Å². The first-order valence-corrected chi connectivity index (χ1v) is 13.7. The highest BCUT2D eigenvalue weighted by Gasteiger charge is 2.51. The molecule has 1 aromatic heterocycles. The van der Waals surface area contributed by atoms with Gasteiger partial charge in [0, 0.05) is 25.2 Å². The first-order valence-electron chi connectivity index (χ1n) is 13.7. The summed E-state index contributed by atoms with van der Waals surface area (Å²) in [4.78, 5) is 17.1. The van der Waals surface area contributed by atoms with Crippen LogP contribution in [0.1, 0.15) is 103 Å². The first-order chi connectivity index (χ1) is 15.7. The van der Waals surface area contributed by atoms with E-state index in [0.29, 0.717) is 0 Å². The molecule has 1 saturated heterocycles. The van der Waals surface area contributed by atoms with Crippen molar-refractivity contribution in [1.29, 1.82) is 0 Å². The molecular formula is C26H44N6. The topological polar surface area (TPSA) is 66.0 Å². The van der Waals surface area contributed by atoms with Crippen LogP contribution in [0.2, 0.25) is 0 Å². The summed E-state index contributed by atoms with van der Waals surface area (Å²) in [6, 6.07) is 0. The maximum atomic E-state index is 4.96. The number of hydrogen-bond acceptors (Lipinski definition) is 6. The van der Waals surface area contributed by atoms with Gasteiger partial charge in [0.25, 0.3) is 0 Å². The van der Waals surface area contributed by atoms with Gasteiger partial charge in [-0.15, -0.1) is 0 Å². The molecule has 2 N–H and O–H groups in total. The lowest BCUT2D eigenvalue weighted by Crippen LogP contribution is -2.55. The molecule has 5 fully saturated rings. The third-order valence-electron chi connectivity index (χ3n) is 8.49. The SMILES string of the molecule is CCCCCCCCNc1nc(NC23CC4CC(CC(C4)C2)C3)nc(N2CCCCC2)n1. The molecule has 1 aromatic rings. The Bertz CT molecular complexity index is 709. The zero-order valence-electron chi connectivity index (χ0n) is 20.2. The van der Waals surface area contributed by atoms with E-state index in [-0.39, 0.29) is 5.54 Å². The van der Waals surface area contributed by atoms with Crippen molar-refractivity contribution in [3.8, 4) is 0 Å². The zero-order chi connectivity index (χ0) is 21.8. The molecule has 178 valence electrons. The Morgan fingerprint density at radius 3 is 2.09 bits per heavy atom. The molecule has 6 heteroatoms. The van der Waals surface area contributed by atoms with Gasteiger partial charge >= 0.3 is 0 Å². The van der Waals surface area contributed by atoms with Gasteiger partial charge in [0.1, 0.15) is 0 Å². The van der Waals surface area contributed by atoms with Crippen molar-refractivity contribution < 1.29 is 0 Å². The molecule has 0 radical (unpaired) electrons. The van der Waals surface area contributed by atoms with Gasteiger partial charge in [0.2, 0.25) is 17.8 Å². The lowest BCUT2D eigenvalue weighted by molar-refractivity contribution is 0.0103. The van der Waals surface area contributed by atoms with Crippen LogP contribution in [0.5, 0.6) is 0 Å². The van der Waals surface area contributed by atoms with Gasteiger partial charge in [0.05, 0.1) is 0 Å². The van der Waals surface area contributed by atoms with Crippen LogP contribution in [0.3, 0.4) is 0 Å². The quantitative estimate of drug-likeness (QED) is 0.411. The summed E-state index contributed by atoms with van der Waals surface area (Å²) in [5.74, 6) is 5.21. The number of rotatable bonds is 11.